The molecule has 3 aromatic rings. The zero-order valence-corrected chi connectivity index (χ0v) is 13.6. The van der Waals surface area contributed by atoms with Crippen LogP contribution in [0.1, 0.15) is 11.3 Å². The largest absolute Gasteiger partial charge is 0.324 e. The smallest absolute Gasteiger partial charge is 0.227 e. The first kappa shape index (κ1) is 14.7. The standard InChI is InChI=1S/C18H16BrN3/c19-16-13-20-18(21-15-9-5-2-6-10-15)22-17(16)12-11-14-7-3-1-4-8-14/h1-10,13H,11-12H2,(H,20,21,22). The molecular weight excluding hydrogens is 338 g/mol. The molecule has 0 radical (unpaired) electrons. The van der Waals surface area contributed by atoms with Crippen molar-refractivity contribution in [1.82, 2.24) is 9.97 Å². The Bertz CT molecular complexity index is 730. The van der Waals surface area contributed by atoms with Crippen LogP contribution in [-0.2, 0) is 12.8 Å². The van der Waals surface area contributed by atoms with E-state index in [0.29, 0.717) is 5.95 Å². The Morgan fingerprint density at radius 1 is 0.864 bits per heavy atom. The van der Waals surface area contributed by atoms with Gasteiger partial charge in [0.05, 0.1) is 10.2 Å². The van der Waals surface area contributed by atoms with Gasteiger partial charge in [-0.1, -0.05) is 48.5 Å². The van der Waals surface area contributed by atoms with Gasteiger partial charge in [-0.15, -0.1) is 0 Å². The summed E-state index contributed by atoms with van der Waals surface area (Å²) < 4.78 is 0.946. The molecule has 110 valence electrons. The van der Waals surface area contributed by atoms with Gasteiger partial charge >= 0.3 is 0 Å². The van der Waals surface area contributed by atoms with E-state index in [0.717, 1.165) is 28.7 Å². The van der Waals surface area contributed by atoms with Crippen LogP contribution in [0, 0.1) is 0 Å². The van der Waals surface area contributed by atoms with Gasteiger partial charge in [0, 0.05) is 11.9 Å². The van der Waals surface area contributed by atoms with Gasteiger partial charge in [-0.2, -0.15) is 0 Å². The number of para-hydroxylation sites is 1. The number of rotatable bonds is 5. The summed E-state index contributed by atoms with van der Waals surface area (Å²) in [7, 11) is 0. The number of nitrogens with zero attached hydrogens (tertiary/aromatic N) is 2. The predicted octanol–water partition coefficient (Wildman–Crippen LogP) is 4.77. The molecule has 0 spiro atoms. The molecule has 1 N–H and O–H groups in total. The highest BCUT2D eigenvalue weighted by Crippen LogP contribution is 2.19. The fraction of sp³-hybridized carbons (Fsp3) is 0.111. The second-order valence-corrected chi connectivity index (χ2v) is 5.82. The van der Waals surface area contributed by atoms with Gasteiger partial charge in [0.2, 0.25) is 5.95 Å². The Kier molecular flexibility index (Phi) is 4.81. The molecule has 0 saturated carbocycles. The van der Waals surface area contributed by atoms with Crippen LogP contribution in [0.25, 0.3) is 0 Å². The number of aromatic nitrogens is 2. The van der Waals surface area contributed by atoms with E-state index in [1.165, 1.54) is 5.56 Å². The number of hydrogen-bond donors (Lipinski definition) is 1. The van der Waals surface area contributed by atoms with Crippen LogP contribution in [0.4, 0.5) is 11.6 Å². The Hall–Kier alpha value is -2.20. The van der Waals surface area contributed by atoms with E-state index in [9.17, 15) is 0 Å². The molecule has 0 bridgehead atoms. The summed E-state index contributed by atoms with van der Waals surface area (Å²) in [6.45, 7) is 0. The SMILES string of the molecule is Brc1cnc(Nc2ccccc2)nc1CCc1ccccc1. The Morgan fingerprint density at radius 2 is 1.55 bits per heavy atom. The molecule has 0 aliphatic heterocycles. The summed E-state index contributed by atoms with van der Waals surface area (Å²) in [6.07, 6.45) is 3.64. The second-order valence-electron chi connectivity index (χ2n) is 4.96. The van der Waals surface area contributed by atoms with Crippen LogP contribution in [0.2, 0.25) is 0 Å². The molecule has 0 fully saturated rings. The van der Waals surface area contributed by atoms with Gasteiger partial charge in [-0.05, 0) is 46.5 Å². The van der Waals surface area contributed by atoms with E-state index in [2.05, 4.69) is 55.5 Å². The van der Waals surface area contributed by atoms with E-state index in [4.69, 9.17) is 0 Å². The number of nitrogens with one attached hydrogen (secondary N) is 1. The molecule has 0 aliphatic carbocycles. The molecule has 0 saturated heterocycles. The van der Waals surface area contributed by atoms with Gasteiger partial charge in [0.25, 0.3) is 0 Å². The van der Waals surface area contributed by atoms with Crippen molar-refractivity contribution in [2.45, 2.75) is 12.8 Å². The van der Waals surface area contributed by atoms with Crippen molar-refractivity contribution in [2.75, 3.05) is 5.32 Å². The Balaban J connectivity index is 1.72. The quantitative estimate of drug-likeness (QED) is 0.717. The van der Waals surface area contributed by atoms with Crippen LogP contribution in [0.5, 0.6) is 0 Å². The molecule has 3 rings (SSSR count). The van der Waals surface area contributed by atoms with E-state index >= 15 is 0 Å². The maximum absolute atomic E-state index is 4.61. The summed E-state index contributed by atoms with van der Waals surface area (Å²) in [6, 6.07) is 20.4. The third-order valence-electron chi connectivity index (χ3n) is 3.34. The number of aryl methyl sites for hydroxylation is 2. The number of halogens is 1. The number of anilines is 2. The minimum Gasteiger partial charge on any atom is -0.324 e. The molecule has 0 unspecified atom stereocenters. The lowest BCUT2D eigenvalue weighted by atomic mass is 10.1. The lowest BCUT2D eigenvalue weighted by Crippen LogP contribution is -2.02. The van der Waals surface area contributed by atoms with Gasteiger partial charge in [-0.3, -0.25) is 0 Å². The summed E-state index contributed by atoms with van der Waals surface area (Å²) in [5.74, 6) is 0.623. The molecular formula is C18H16BrN3. The highest BCUT2D eigenvalue weighted by Gasteiger charge is 2.06. The highest BCUT2D eigenvalue weighted by molar-refractivity contribution is 9.10. The first-order chi connectivity index (χ1) is 10.8. The van der Waals surface area contributed by atoms with Crippen LogP contribution >= 0.6 is 15.9 Å². The van der Waals surface area contributed by atoms with Crippen LogP contribution in [0.15, 0.2) is 71.3 Å². The minimum absolute atomic E-state index is 0.623. The molecule has 3 nitrogen and oxygen atoms in total. The van der Waals surface area contributed by atoms with Crippen LogP contribution in [0.3, 0.4) is 0 Å². The lowest BCUT2D eigenvalue weighted by molar-refractivity contribution is 0.895. The van der Waals surface area contributed by atoms with Crippen molar-refractivity contribution >= 4 is 27.6 Å². The monoisotopic (exact) mass is 353 g/mol. The van der Waals surface area contributed by atoms with Crippen molar-refractivity contribution in [3.05, 3.63) is 82.6 Å². The zero-order chi connectivity index (χ0) is 15.2. The fourth-order valence-corrected chi connectivity index (χ4v) is 2.59. The first-order valence-corrected chi connectivity index (χ1v) is 7.98. The van der Waals surface area contributed by atoms with Crippen molar-refractivity contribution in [3.63, 3.8) is 0 Å². The maximum Gasteiger partial charge on any atom is 0.227 e. The third-order valence-corrected chi connectivity index (χ3v) is 4.00. The summed E-state index contributed by atoms with van der Waals surface area (Å²) in [5, 5.41) is 3.23. The molecule has 22 heavy (non-hydrogen) atoms. The summed E-state index contributed by atoms with van der Waals surface area (Å²) >= 11 is 3.54. The molecule has 0 aliphatic rings. The topological polar surface area (TPSA) is 37.8 Å². The van der Waals surface area contributed by atoms with E-state index in [-0.39, 0.29) is 0 Å². The summed E-state index contributed by atoms with van der Waals surface area (Å²) in [4.78, 5) is 8.93. The Morgan fingerprint density at radius 3 is 2.27 bits per heavy atom. The van der Waals surface area contributed by atoms with Gasteiger partial charge in [0.1, 0.15) is 0 Å². The summed E-state index contributed by atoms with van der Waals surface area (Å²) in [5.41, 5.74) is 3.31. The molecule has 2 aromatic carbocycles. The van der Waals surface area contributed by atoms with Gasteiger partial charge in [0.15, 0.2) is 0 Å². The normalized spacial score (nSPS) is 10.4. The highest BCUT2D eigenvalue weighted by atomic mass is 79.9. The van der Waals surface area contributed by atoms with E-state index in [1.54, 1.807) is 6.20 Å². The third kappa shape index (κ3) is 3.92. The van der Waals surface area contributed by atoms with Crippen molar-refractivity contribution < 1.29 is 0 Å². The minimum atomic E-state index is 0.623. The number of hydrogen-bond acceptors (Lipinski definition) is 3. The lowest BCUT2D eigenvalue weighted by Gasteiger charge is -2.08. The molecule has 0 amide bonds. The fourth-order valence-electron chi connectivity index (χ4n) is 2.20. The molecule has 1 aromatic heterocycles. The second kappa shape index (κ2) is 7.18. The van der Waals surface area contributed by atoms with Crippen LogP contribution in [-0.4, -0.2) is 9.97 Å². The van der Waals surface area contributed by atoms with Gasteiger partial charge < -0.3 is 5.32 Å². The van der Waals surface area contributed by atoms with Crippen LogP contribution < -0.4 is 5.32 Å². The van der Waals surface area contributed by atoms with Gasteiger partial charge in [-0.25, -0.2) is 9.97 Å². The zero-order valence-electron chi connectivity index (χ0n) is 12.0. The van der Waals surface area contributed by atoms with Crippen molar-refractivity contribution in [3.8, 4) is 0 Å². The van der Waals surface area contributed by atoms with Crippen molar-refractivity contribution in [1.29, 1.82) is 0 Å². The number of benzene rings is 2. The molecule has 1 heterocycles. The average Bonchev–Trinajstić information content (AvgIpc) is 2.57. The maximum atomic E-state index is 4.61. The predicted molar refractivity (Wildman–Crippen MR) is 93.3 cm³/mol. The van der Waals surface area contributed by atoms with E-state index in [1.807, 2.05) is 36.4 Å². The van der Waals surface area contributed by atoms with Crippen molar-refractivity contribution in [2.24, 2.45) is 0 Å². The molecule has 0 atom stereocenters. The first-order valence-electron chi connectivity index (χ1n) is 7.19. The Labute approximate surface area is 138 Å². The van der Waals surface area contributed by atoms with E-state index < -0.39 is 0 Å². The molecule has 4 heteroatoms. The average molecular weight is 354 g/mol.